The first-order chi connectivity index (χ1) is 16.0. The van der Waals surface area contributed by atoms with E-state index in [9.17, 15) is 9.59 Å². The van der Waals surface area contributed by atoms with Crippen molar-refractivity contribution in [1.82, 2.24) is 4.90 Å². The highest BCUT2D eigenvalue weighted by Gasteiger charge is 2.45. The van der Waals surface area contributed by atoms with E-state index in [4.69, 9.17) is 9.47 Å². The number of nitrogens with zero attached hydrogens (tertiary/aromatic N) is 2. The normalized spacial score (nSPS) is 21.8. The zero-order valence-electron chi connectivity index (χ0n) is 19.1. The lowest BCUT2D eigenvalue weighted by Crippen LogP contribution is -2.52. The Hall–Kier alpha value is -3.06. The number of morpholine rings is 1. The third-order valence-electron chi connectivity index (χ3n) is 7.14. The van der Waals surface area contributed by atoms with Gasteiger partial charge in [-0.15, -0.1) is 0 Å². The Morgan fingerprint density at radius 1 is 0.970 bits per heavy atom. The van der Waals surface area contributed by atoms with Crippen molar-refractivity contribution in [3.8, 4) is 5.75 Å². The molecule has 5 rings (SSSR count). The number of hydrogen-bond acceptors (Lipinski definition) is 5. The quantitative estimate of drug-likeness (QED) is 0.778. The third kappa shape index (κ3) is 4.55. The molecule has 1 spiro atoms. The number of benzene rings is 2. The van der Waals surface area contributed by atoms with E-state index in [0.29, 0.717) is 19.5 Å². The van der Waals surface area contributed by atoms with Gasteiger partial charge in [0.1, 0.15) is 11.4 Å². The molecule has 2 saturated heterocycles. The highest BCUT2D eigenvalue weighted by molar-refractivity contribution is 5.96. The first-order valence-electron chi connectivity index (χ1n) is 11.8. The van der Waals surface area contributed by atoms with Gasteiger partial charge in [-0.1, -0.05) is 18.2 Å². The molecule has 2 aromatic carbocycles. The van der Waals surface area contributed by atoms with Gasteiger partial charge in [0.25, 0.3) is 0 Å². The molecule has 1 unspecified atom stereocenters. The van der Waals surface area contributed by atoms with Gasteiger partial charge in [0.15, 0.2) is 0 Å². The fraction of sp³-hybridized carbons (Fsp3) is 0.462. The van der Waals surface area contributed by atoms with Crippen molar-refractivity contribution < 1.29 is 19.1 Å². The Balaban J connectivity index is 1.32. The molecule has 3 heterocycles. The van der Waals surface area contributed by atoms with E-state index >= 15 is 0 Å². The molecular formula is C26H31N3O4. The van der Waals surface area contributed by atoms with E-state index in [1.165, 1.54) is 0 Å². The molecule has 33 heavy (non-hydrogen) atoms. The molecule has 0 bridgehead atoms. The first-order valence-corrected chi connectivity index (χ1v) is 11.8. The van der Waals surface area contributed by atoms with Crippen molar-refractivity contribution in [2.24, 2.45) is 0 Å². The van der Waals surface area contributed by atoms with Gasteiger partial charge in [-0.05, 0) is 30.3 Å². The van der Waals surface area contributed by atoms with Gasteiger partial charge < -0.3 is 24.6 Å². The van der Waals surface area contributed by atoms with Crippen molar-refractivity contribution in [1.29, 1.82) is 0 Å². The van der Waals surface area contributed by atoms with E-state index in [1.807, 2.05) is 41.3 Å². The van der Waals surface area contributed by atoms with Gasteiger partial charge >= 0.3 is 0 Å². The molecule has 7 nitrogen and oxygen atoms in total. The molecule has 0 aliphatic carbocycles. The predicted molar refractivity (Wildman–Crippen MR) is 127 cm³/mol. The number of anilines is 2. The van der Waals surface area contributed by atoms with Crippen LogP contribution < -0.4 is 15.0 Å². The fourth-order valence-corrected chi connectivity index (χ4v) is 5.19. The Morgan fingerprint density at radius 3 is 2.36 bits per heavy atom. The summed E-state index contributed by atoms with van der Waals surface area (Å²) < 4.78 is 11.9. The number of carbonyl (C=O) groups is 2. The Labute approximate surface area is 194 Å². The highest BCUT2D eigenvalue weighted by atomic mass is 16.5. The van der Waals surface area contributed by atoms with Crippen LogP contribution in [0.25, 0.3) is 0 Å². The molecule has 1 atom stereocenters. The van der Waals surface area contributed by atoms with Crippen LogP contribution in [-0.2, 0) is 14.3 Å². The van der Waals surface area contributed by atoms with E-state index in [1.54, 1.807) is 6.92 Å². The summed E-state index contributed by atoms with van der Waals surface area (Å²) in [7, 11) is 0. The summed E-state index contributed by atoms with van der Waals surface area (Å²) >= 11 is 0. The van der Waals surface area contributed by atoms with E-state index in [-0.39, 0.29) is 17.7 Å². The number of nitrogens with one attached hydrogen (secondary N) is 1. The van der Waals surface area contributed by atoms with Gasteiger partial charge in [-0.25, -0.2) is 0 Å². The summed E-state index contributed by atoms with van der Waals surface area (Å²) in [5, 5.41) is 3.13. The van der Waals surface area contributed by atoms with Crippen LogP contribution in [0.5, 0.6) is 5.75 Å². The number of amides is 2. The monoisotopic (exact) mass is 449 g/mol. The molecule has 7 heteroatoms. The van der Waals surface area contributed by atoms with Crippen molar-refractivity contribution in [2.45, 2.75) is 37.7 Å². The number of para-hydroxylation sites is 1. The number of ether oxygens (including phenoxy) is 2. The third-order valence-corrected chi connectivity index (χ3v) is 7.14. The smallest absolute Gasteiger partial charge is 0.232 e. The summed E-state index contributed by atoms with van der Waals surface area (Å²) in [6, 6.07) is 15.9. The number of carbonyl (C=O) groups excluding carboxylic acids is 2. The second kappa shape index (κ2) is 9.06. The number of hydrogen-bond donors (Lipinski definition) is 1. The first kappa shape index (κ1) is 21.8. The Bertz CT molecular complexity index is 1010. The fourth-order valence-electron chi connectivity index (χ4n) is 5.19. The van der Waals surface area contributed by atoms with E-state index < -0.39 is 5.60 Å². The molecule has 0 aromatic heterocycles. The maximum atomic E-state index is 13.5. The summed E-state index contributed by atoms with van der Waals surface area (Å²) in [4.78, 5) is 29.4. The van der Waals surface area contributed by atoms with E-state index in [2.05, 4.69) is 22.3 Å². The van der Waals surface area contributed by atoms with Crippen LogP contribution in [0.1, 0.15) is 37.7 Å². The molecule has 1 N–H and O–H groups in total. The zero-order chi connectivity index (χ0) is 22.8. The van der Waals surface area contributed by atoms with Crippen LogP contribution in [0.3, 0.4) is 0 Å². The average Bonchev–Trinajstić information content (AvgIpc) is 2.85. The lowest BCUT2D eigenvalue weighted by molar-refractivity contribution is -0.134. The van der Waals surface area contributed by atoms with Crippen molar-refractivity contribution in [3.63, 3.8) is 0 Å². The second-order valence-electron chi connectivity index (χ2n) is 9.22. The number of likely N-dealkylation sites (tertiary alicyclic amines) is 1. The van der Waals surface area contributed by atoms with Gasteiger partial charge in [0.2, 0.25) is 11.8 Å². The highest BCUT2D eigenvalue weighted by Crippen LogP contribution is 2.45. The second-order valence-corrected chi connectivity index (χ2v) is 9.22. The molecule has 3 aliphatic heterocycles. The molecule has 0 saturated carbocycles. The van der Waals surface area contributed by atoms with Crippen molar-refractivity contribution >= 4 is 23.2 Å². The van der Waals surface area contributed by atoms with Crippen LogP contribution in [0.2, 0.25) is 0 Å². The van der Waals surface area contributed by atoms with Gasteiger partial charge in [-0.3, -0.25) is 9.59 Å². The van der Waals surface area contributed by atoms with E-state index in [0.717, 1.165) is 61.8 Å². The lowest BCUT2D eigenvalue weighted by Gasteiger charge is -2.46. The van der Waals surface area contributed by atoms with Crippen LogP contribution in [-0.4, -0.2) is 61.7 Å². The molecule has 2 aromatic rings. The minimum absolute atomic E-state index is 0.0155. The minimum Gasteiger partial charge on any atom is -0.487 e. The molecule has 3 aliphatic rings. The van der Waals surface area contributed by atoms with Gasteiger partial charge in [-0.2, -0.15) is 0 Å². The predicted octanol–water partition coefficient (Wildman–Crippen LogP) is 3.41. The molecule has 174 valence electrons. The topological polar surface area (TPSA) is 71.1 Å². The number of rotatable bonds is 3. The Morgan fingerprint density at radius 2 is 1.67 bits per heavy atom. The molecule has 2 fully saturated rings. The number of fused-ring (bicyclic) bond motifs is 1. The van der Waals surface area contributed by atoms with Crippen LogP contribution in [0.15, 0.2) is 48.5 Å². The SMILES string of the molecule is CC(=O)N1CCC2(CC1)CC(C(=O)Nc1ccc(N3CCOCC3)cc1)c1ccccc1O2. The summed E-state index contributed by atoms with van der Waals surface area (Å²) in [5.41, 5.74) is 2.45. The summed E-state index contributed by atoms with van der Waals surface area (Å²) in [6.07, 6.45) is 2.09. The maximum absolute atomic E-state index is 13.5. The Kier molecular flexibility index (Phi) is 5.98. The van der Waals surface area contributed by atoms with Crippen LogP contribution in [0.4, 0.5) is 11.4 Å². The standard InChI is InChI=1S/C26H31N3O4/c1-19(30)28-12-10-26(11-13-28)18-23(22-4-2-3-5-24(22)33-26)25(31)27-20-6-8-21(9-7-20)29-14-16-32-17-15-29/h2-9,23H,10-18H2,1H3,(H,27,31). The van der Waals surface area contributed by atoms with Gasteiger partial charge in [0, 0.05) is 69.3 Å². The van der Waals surface area contributed by atoms with Crippen molar-refractivity contribution in [2.75, 3.05) is 49.6 Å². The molecule has 2 amide bonds. The lowest BCUT2D eigenvalue weighted by atomic mass is 9.77. The van der Waals surface area contributed by atoms with Gasteiger partial charge in [0.05, 0.1) is 19.1 Å². The van der Waals surface area contributed by atoms with Crippen molar-refractivity contribution in [3.05, 3.63) is 54.1 Å². The van der Waals surface area contributed by atoms with Crippen LogP contribution in [0, 0.1) is 0 Å². The zero-order valence-corrected chi connectivity index (χ0v) is 19.1. The largest absolute Gasteiger partial charge is 0.487 e. The molecular weight excluding hydrogens is 418 g/mol. The molecule has 0 radical (unpaired) electrons. The number of piperidine rings is 1. The summed E-state index contributed by atoms with van der Waals surface area (Å²) in [5.74, 6) is 0.565. The summed E-state index contributed by atoms with van der Waals surface area (Å²) in [6.45, 7) is 6.18. The maximum Gasteiger partial charge on any atom is 0.232 e. The van der Waals surface area contributed by atoms with Crippen LogP contribution >= 0.6 is 0 Å². The minimum atomic E-state index is -0.414. The average molecular weight is 450 g/mol.